The van der Waals surface area contributed by atoms with Crippen LogP contribution >= 0.6 is 0 Å². The molecule has 0 radical (unpaired) electrons. The monoisotopic (exact) mass is 529 g/mol. The number of rotatable bonds is 10. The molecule has 8 heteroatoms. The lowest BCUT2D eigenvalue weighted by atomic mass is 9.94. The van der Waals surface area contributed by atoms with Crippen LogP contribution in [0.2, 0.25) is 0 Å². The van der Waals surface area contributed by atoms with Crippen molar-refractivity contribution in [3.63, 3.8) is 0 Å². The SMILES string of the molecule is COc1ccc([C@H](C(=O)NC2CCCCC2)N(Cc2ccco2)C(=O)Cc2c[nH]c3ccccc23)cc1OC. The van der Waals surface area contributed by atoms with E-state index < -0.39 is 6.04 Å². The van der Waals surface area contributed by atoms with E-state index in [1.165, 1.54) is 6.42 Å². The van der Waals surface area contributed by atoms with Crippen LogP contribution in [0.5, 0.6) is 11.5 Å². The van der Waals surface area contributed by atoms with E-state index in [0.29, 0.717) is 22.8 Å². The standard InChI is InChI=1S/C31H35N3O5/c1-37-27-15-14-21(17-28(27)38-2)30(31(36)33-23-9-4-3-5-10-23)34(20-24-11-8-16-39-24)29(35)18-22-19-32-26-13-7-6-12-25(22)26/h6-8,11-17,19,23,30,32H,3-5,9-10,18,20H2,1-2H3,(H,33,36)/t30-/m1/s1. The predicted molar refractivity (Wildman–Crippen MR) is 149 cm³/mol. The summed E-state index contributed by atoms with van der Waals surface area (Å²) in [7, 11) is 3.13. The summed E-state index contributed by atoms with van der Waals surface area (Å²) in [5.74, 6) is 1.24. The summed E-state index contributed by atoms with van der Waals surface area (Å²) >= 11 is 0. The van der Waals surface area contributed by atoms with Gasteiger partial charge in [0, 0.05) is 23.1 Å². The average Bonchev–Trinajstić information content (AvgIpc) is 3.63. The molecule has 1 saturated carbocycles. The van der Waals surface area contributed by atoms with Crippen molar-refractivity contribution in [2.24, 2.45) is 0 Å². The molecule has 1 aliphatic carbocycles. The molecule has 2 aromatic carbocycles. The fourth-order valence-electron chi connectivity index (χ4n) is 5.46. The molecular formula is C31H35N3O5. The van der Waals surface area contributed by atoms with Gasteiger partial charge in [-0.05, 0) is 54.3 Å². The van der Waals surface area contributed by atoms with Crippen LogP contribution < -0.4 is 14.8 Å². The van der Waals surface area contributed by atoms with Gasteiger partial charge >= 0.3 is 0 Å². The molecule has 204 valence electrons. The fraction of sp³-hybridized carbons (Fsp3) is 0.355. The smallest absolute Gasteiger partial charge is 0.247 e. The number of nitrogens with zero attached hydrogens (tertiary/aromatic N) is 1. The van der Waals surface area contributed by atoms with Crippen molar-refractivity contribution in [1.82, 2.24) is 15.2 Å². The Balaban J connectivity index is 1.53. The third-order valence-electron chi connectivity index (χ3n) is 7.48. The normalized spacial score (nSPS) is 14.6. The van der Waals surface area contributed by atoms with Crippen LogP contribution in [0.15, 0.2) is 71.5 Å². The van der Waals surface area contributed by atoms with E-state index in [2.05, 4.69) is 10.3 Å². The number of para-hydroxylation sites is 1. The van der Waals surface area contributed by atoms with E-state index in [9.17, 15) is 9.59 Å². The number of aromatic nitrogens is 1. The summed E-state index contributed by atoms with van der Waals surface area (Å²) < 4.78 is 16.6. The van der Waals surface area contributed by atoms with Crippen LogP contribution in [-0.2, 0) is 22.6 Å². The van der Waals surface area contributed by atoms with Gasteiger partial charge in [0.05, 0.1) is 33.4 Å². The Morgan fingerprint density at radius 1 is 1.03 bits per heavy atom. The van der Waals surface area contributed by atoms with Gasteiger partial charge in [-0.25, -0.2) is 0 Å². The minimum absolute atomic E-state index is 0.0862. The number of furan rings is 1. The highest BCUT2D eigenvalue weighted by atomic mass is 16.5. The maximum atomic E-state index is 14.1. The van der Waals surface area contributed by atoms with Gasteiger partial charge in [0.2, 0.25) is 11.8 Å². The van der Waals surface area contributed by atoms with Gasteiger partial charge in [0.15, 0.2) is 11.5 Å². The highest BCUT2D eigenvalue weighted by Gasteiger charge is 2.34. The Morgan fingerprint density at radius 2 is 1.82 bits per heavy atom. The van der Waals surface area contributed by atoms with Gasteiger partial charge in [-0.3, -0.25) is 9.59 Å². The van der Waals surface area contributed by atoms with Crippen molar-refractivity contribution >= 4 is 22.7 Å². The van der Waals surface area contributed by atoms with Gasteiger partial charge in [0.1, 0.15) is 11.8 Å². The van der Waals surface area contributed by atoms with Crippen LogP contribution in [0.3, 0.4) is 0 Å². The minimum atomic E-state index is -0.894. The molecule has 5 rings (SSSR count). The van der Waals surface area contributed by atoms with Gasteiger partial charge in [-0.1, -0.05) is 43.5 Å². The number of hydrogen-bond acceptors (Lipinski definition) is 5. The number of aromatic amines is 1. The zero-order chi connectivity index (χ0) is 27.2. The second-order valence-electron chi connectivity index (χ2n) is 10.00. The molecule has 1 fully saturated rings. The van der Waals surface area contributed by atoms with E-state index >= 15 is 0 Å². The Bertz CT molecular complexity index is 1400. The number of benzene rings is 2. The molecule has 0 spiro atoms. The Kier molecular flexibility index (Phi) is 8.20. The van der Waals surface area contributed by atoms with Gasteiger partial charge in [-0.2, -0.15) is 0 Å². The Morgan fingerprint density at radius 3 is 2.56 bits per heavy atom. The molecule has 2 N–H and O–H groups in total. The molecule has 0 bridgehead atoms. The number of amides is 2. The summed E-state index contributed by atoms with van der Waals surface area (Å²) in [6.07, 6.45) is 8.79. The quantitative estimate of drug-likeness (QED) is 0.281. The molecular weight excluding hydrogens is 494 g/mol. The predicted octanol–water partition coefficient (Wildman–Crippen LogP) is 5.54. The molecule has 39 heavy (non-hydrogen) atoms. The van der Waals surface area contributed by atoms with Crippen molar-refractivity contribution in [3.8, 4) is 11.5 Å². The first-order valence-electron chi connectivity index (χ1n) is 13.5. The molecule has 2 amide bonds. The third kappa shape index (κ3) is 5.95. The van der Waals surface area contributed by atoms with Crippen LogP contribution in [0.1, 0.15) is 55.0 Å². The molecule has 0 unspecified atom stereocenters. The van der Waals surface area contributed by atoms with Gasteiger partial charge in [0.25, 0.3) is 0 Å². The van der Waals surface area contributed by atoms with Gasteiger partial charge < -0.3 is 29.1 Å². The highest BCUT2D eigenvalue weighted by Crippen LogP contribution is 2.34. The summed E-state index contributed by atoms with van der Waals surface area (Å²) in [5, 5.41) is 4.23. The van der Waals surface area contributed by atoms with E-state index in [1.54, 1.807) is 43.6 Å². The molecule has 0 saturated heterocycles. The first kappa shape index (κ1) is 26.4. The topological polar surface area (TPSA) is 96.8 Å². The molecule has 2 aromatic heterocycles. The number of nitrogens with one attached hydrogen (secondary N) is 2. The minimum Gasteiger partial charge on any atom is -0.493 e. The second-order valence-corrected chi connectivity index (χ2v) is 10.00. The maximum absolute atomic E-state index is 14.1. The fourth-order valence-corrected chi connectivity index (χ4v) is 5.46. The summed E-state index contributed by atoms with van der Waals surface area (Å²) in [5.41, 5.74) is 2.47. The van der Waals surface area contributed by atoms with Crippen LogP contribution in [0, 0.1) is 0 Å². The largest absolute Gasteiger partial charge is 0.493 e. The number of methoxy groups -OCH3 is 2. The zero-order valence-corrected chi connectivity index (χ0v) is 22.4. The molecule has 0 aliphatic heterocycles. The average molecular weight is 530 g/mol. The number of H-pyrrole nitrogens is 1. The lowest BCUT2D eigenvalue weighted by Gasteiger charge is -2.33. The van der Waals surface area contributed by atoms with Crippen molar-refractivity contribution in [3.05, 3.63) is 83.9 Å². The van der Waals surface area contributed by atoms with Crippen LogP contribution in [0.4, 0.5) is 0 Å². The molecule has 2 heterocycles. The number of ether oxygens (including phenoxy) is 2. The number of carbonyl (C=O) groups excluding carboxylic acids is 2. The van der Waals surface area contributed by atoms with Crippen molar-refractivity contribution < 1.29 is 23.5 Å². The van der Waals surface area contributed by atoms with Crippen LogP contribution in [0.25, 0.3) is 10.9 Å². The lowest BCUT2D eigenvalue weighted by Crippen LogP contribution is -2.47. The van der Waals surface area contributed by atoms with Gasteiger partial charge in [-0.15, -0.1) is 0 Å². The van der Waals surface area contributed by atoms with Crippen LogP contribution in [-0.4, -0.2) is 42.0 Å². The summed E-state index contributed by atoms with van der Waals surface area (Å²) in [4.78, 5) is 33.0. The molecule has 1 aliphatic rings. The first-order valence-corrected chi connectivity index (χ1v) is 13.5. The third-order valence-corrected chi connectivity index (χ3v) is 7.48. The molecule has 8 nitrogen and oxygen atoms in total. The van der Waals surface area contributed by atoms with E-state index in [-0.39, 0.29) is 30.8 Å². The number of hydrogen-bond donors (Lipinski definition) is 2. The van der Waals surface area contributed by atoms with E-state index in [0.717, 1.165) is 42.1 Å². The van der Waals surface area contributed by atoms with Crippen molar-refractivity contribution in [1.29, 1.82) is 0 Å². The number of carbonyl (C=O) groups is 2. The van der Waals surface area contributed by atoms with Crippen molar-refractivity contribution in [2.45, 2.75) is 57.2 Å². The zero-order valence-electron chi connectivity index (χ0n) is 22.4. The maximum Gasteiger partial charge on any atom is 0.247 e. The highest BCUT2D eigenvalue weighted by molar-refractivity contribution is 5.92. The Labute approximate surface area is 228 Å². The van der Waals surface area contributed by atoms with E-state index in [1.807, 2.05) is 42.6 Å². The lowest BCUT2D eigenvalue weighted by molar-refractivity contribution is -0.141. The summed E-state index contributed by atoms with van der Waals surface area (Å²) in [6.45, 7) is 0.144. The van der Waals surface area contributed by atoms with Crippen molar-refractivity contribution in [2.75, 3.05) is 14.2 Å². The first-order chi connectivity index (χ1) is 19.1. The summed E-state index contributed by atoms with van der Waals surface area (Å²) in [6, 6.07) is 16.0. The van der Waals surface area contributed by atoms with E-state index in [4.69, 9.17) is 13.9 Å². The Hall–Kier alpha value is -4.20. The number of fused-ring (bicyclic) bond motifs is 1. The second kappa shape index (κ2) is 12.1. The molecule has 4 aromatic rings. The molecule has 1 atom stereocenters.